The summed E-state index contributed by atoms with van der Waals surface area (Å²) in [6.07, 6.45) is 1.86. The van der Waals surface area contributed by atoms with Crippen LogP contribution in [0.25, 0.3) is 11.4 Å². The van der Waals surface area contributed by atoms with Crippen LogP contribution in [0.1, 0.15) is 11.1 Å². The third kappa shape index (κ3) is 3.71. The van der Waals surface area contributed by atoms with Crippen molar-refractivity contribution in [1.29, 1.82) is 0 Å². The highest BCUT2D eigenvalue weighted by Gasteiger charge is 2.14. The van der Waals surface area contributed by atoms with Gasteiger partial charge in [-0.2, -0.15) is 0 Å². The number of thioether (sulfide) groups is 1. The molecule has 2 aromatic carbocycles. The molecule has 0 saturated carbocycles. The van der Waals surface area contributed by atoms with Gasteiger partial charge in [-0.15, -0.1) is 16.8 Å². The first-order chi connectivity index (χ1) is 11.7. The van der Waals surface area contributed by atoms with Crippen LogP contribution in [0.15, 0.2) is 66.3 Å². The number of aryl methyl sites for hydroxylation is 1. The maximum atomic E-state index is 6.11. The summed E-state index contributed by atoms with van der Waals surface area (Å²) in [6.45, 7) is 6.63. The first-order valence-electron chi connectivity index (χ1n) is 7.66. The fraction of sp³-hybridized carbons (Fsp3) is 0.158. The molecule has 0 aliphatic rings. The van der Waals surface area contributed by atoms with Gasteiger partial charge in [0.05, 0.1) is 0 Å². The minimum Gasteiger partial charge on any atom is -0.298 e. The van der Waals surface area contributed by atoms with E-state index in [1.54, 1.807) is 11.8 Å². The van der Waals surface area contributed by atoms with Crippen molar-refractivity contribution in [2.75, 3.05) is 0 Å². The van der Waals surface area contributed by atoms with Crippen molar-refractivity contribution in [3.05, 3.63) is 77.3 Å². The minimum absolute atomic E-state index is 0.658. The third-order valence-corrected chi connectivity index (χ3v) is 4.98. The SMILES string of the molecule is C=CCn1c(SCc2ccccc2C)nnc1-c1cccc(Cl)c1. The number of nitrogens with zero attached hydrogens (tertiary/aromatic N) is 3. The van der Waals surface area contributed by atoms with Gasteiger partial charge in [-0.3, -0.25) is 4.57 Å². The molecule has 3 rings (SSSR count). The molecule has 3 aromatic rings. The molecule has 0 spiro atoms. The van der Waals surface area contributed by atoms with Crippen LogP contribution in [0.3, 0.4) is 0 Å². The molecule has 0 amide bonds. The van der Waals surface area contributed by atoms with E-state index in [-0.39, 0.29) is 0 Å². The van der Waals surface area contributed by atoms with Crippen molar-refractivity contribution in [3.63, 3.8) is 0 Å². The van der Waals surface area contributed by atoms with E-state index >= 15 is 0 Å². The summed E-state index contributed by atoms with van der Waals surface area (Å²) in [4.78, 5) is 0. The minimum atomic E-state index is 0.658. The van der Waals surface area contributed by atoms with Gasteiger partial charge >= 0.3 is 0 Å². The Morgan fingerprint density at radius 3 is 2.75 bits per heavy atom. The van der Waals surface area contributed by atoms with Gasteiger partial charge in [0, 0.05) is 22.9 Å². The molecule has 24 heavy (non-hydrogen) atoms. The molecular weight excluding hydrogens is 338 g/mol. The lowest BCUT2D eigenvalue weighted by Crippen LogP contribution is -2.01. The molecule has 122 valence electrons. The second kappa shape index (κ2) is 7.69. The fourth-order valence-electron chi connectivity index (χ4n) is 2.44. The first-order valence-corrected chi connectivity index (χ1v) is 9.02. The van der Waals surface area contributed by atoms with Crippen molar-refractivity contribution in [2.45, 2.75) is 24.4 Å². The topological polar surface area (TPSA) is 30.7 Å². The van der Waals surface area contributed by atoms with Gasteiger partial charge in [-0.05, 0) is 30.2 Å². The standard InChI is InChI=1S/C19H18ClN3S/c1-3-11-23-18(15-9-6-10-17(20)12-15)21-22-19(23)24-13-16-8-5-4-7-14(16)2/h3-10,12H,1,11,13H2,2H3. The van der Waals surface area contributed by atoms with Gasteiger partial charge in [0.25, 0.3) is 0 Å². The molecule has 3 nitrogen and oxygen atoms in total. The Morgan fingerprint density at radius 1 is 1.17 bits per heavy atom. The number of hydrogen-bond acceptors (Lipinski definition) is 3. The van der Waals surface area contributed by atoms with Gasteiger partial charge in [0.1, 0.15) is 0 Å². The Kier molecular flexibility index (Phi) is 5.38. The van der Waals surface area contributed by atoms with E-state index in [1.807, 2.05) is 30.3 Å². The van der Waals surface area contributed by atoms with Crippen LogP contribution < -0.4 is 0 Å². The van der Waals surface area contributed by atoms with Crippen LogP contribution in [0.5, 0.6) is 0 Å². The fourth-order valence-corrected chi connectivity index (χ4v) is 3.66. The van der Waals surface area contributed by atoms with E-state index in [9.17, 15) is 0 Å². The number of hydrogen-bond donors (Lipinski definition) is 0. The summed E-state index contributed by atoms with van der Waals surface area (Å²) >= 11 is 7.79. The quantitative estimate of drug-likeness (QED) is 0.439. The highest BCUT2D eigenvalue weighted by molar-refractivity contribution is 7.98. The lowest BCUT2D eigenvalue weighted by Gasteiger charge is -2.09. The number of rotatable bonds is 6. The summed E-state index contributed by atoms with van der Waals surface area (Å²) in [5, 5.41) is 10.3. The molecule has 0 fully saturated rings. The molecular formula is C19H18ClN3S. The highest BCUT2D eigenvalue weighted by Crippen LogP contribution is 2.28. The zero-order chi connectivity index (χ0) is 16.9. The van der Waals surface area contributed by atoms with Gasteiger partial charge in [-0.1, -0.05) is 65.8 Å². The Bertz CT molecular complexity index is 857. The van der Waals surface area contributed by atoms with Crippen LogP contribution >= 0.6 is 23.4 Å². The predicted octanol–water partition coefficient (Wildman–Crippen LogP) is 5.39. The summed E-state index contributed by atoms with van der Waals surface area (Å²) in [6, 6.07) is 16.1. The molecule has 1 heterocycles. The van der Waals surface area contributed by atoms with Crippen molar-refractivity contribution in [1.82, 2.24) is 14.8 Å². The van der Waals surface area contributed by atoms with E-state index in [2.05, 4.69) is 52.5 Å². The van der Waals surface area contributed by atoms with Crippen LogP contribution in [0.2, 0.25) is 5.02 Å². The lowest BCUT2D eigenvalue weighted by molar-refractivity contribution is 0.731. The maximum Gasteiger partial charge on any atom is 0.192 e. The Balaban J connectivity index is 1.89. The van der Waals surface area contributed by atoms with Gasteiger partial charge in [-0.25, -0.2) is 0 Å². The Hall–Kier alpha value is -2.04. The molecule has 5 heteroatoms. The molecule has 0 aliphatic heterocycles. The van der Waals surface area contributed by atoms with Crippen molar-refractivity contribution in [2.24, 2.45) is 0 Å². The highest BCUT2D eigenvalue weighted by atomic mass is 35.5. The molecule has 0 aliphatic carbocycles. The summed E-state index contributed by atoms with van der Waals surface area (Å²) in [7, 11) is 0. The van der Waals surface area contributed by atoms with Gasteiger partial charge in [0.2, 0.25) is 0 Å². The number of halogens is 1. The van der Waals surface area contributed by atoms with Crippen LogP contribution in [-0.2, 0) is 12.3 Å². The predicted molar refractivity (Wildman–Crippen MR) is 101 cm³/mol. The average Bonchev–Trinajstić information content (AvgIpc) is 2.97. The van der Waals surface area contributed by atoms with Crippen molar-refractivity contribution in [3.8, 4) is 11.4 Å². The molecule has 0 bridgehead atoms. The Labute approximate surface area is 151 Å². The maximum absolute atomic E-state index is 6.11. The largest absolute Gasteiger partial charge is 0.298 e. The molecule has 0 radical (unpaired) electrons. The lowest BCUT2D eigenvalue weighted by atomic mass is 10.1. The number of allylic oxidation sites excluding steroid dienone is 1. The van der Waals surface area contributed by atoms with E-state index in [0.29, 0.717) is 11.6 Å². The van der Waals surface area contributed by atoms with Crippen molar-refractivity contribution >= 4 is 23.4 Å². The van der Waals surface area contributed by atoms with Crippen LogP contribution in [0.4, 0.5) is 0 Å². The van der Waals surface area contributed by atoms with Crippen LogP contribution in [0, 0.1) is 6.92 Å². The van der Waals surface area contributed by atoms with Gasteiger partial charge < -0.3 is 0 Å². The molecule has 0 atom stereocenters. The van der Waals surface area contributed by atoms with E-state index in [4.69, 9.17) is 11.6 Å². The number of aromatic nitrogens is 3. The average molecular weight is 356 g/mol. The Morgan fingerprint density at radius 2 is 2.00 bits per heavy atom. The molecule has 1 aromatic heterocycles. The monoisotopic (exact) mass is 355 g/mol. The summed E-state index contributed by atoms with van der Waals surface area (Å²) in [5.41, 5.74) is 3.55. The van der Waals surface area contributed by atoms with Crippen LogP contribution in [-0.4, -0.2) is 14.8 Å². The third-order valence-electron chi connectivity index (χ3n) is 3.73. The molecule has 0 N–H and O–H groups in total. The van der Waals surface area contributed by atoms with Gasteiger partial charge in [0.15, 0.2) is 11.0 Å². The zero-order valence-corrected chi connectivity index (χ0v) is 15.0. The molecule has 0 unspecified atom stereocenters. The second-order valence-corrected chi connectivity index (χ2v) is 6.81. The zero-order valence-electron chi connectivity index (χ0n) is 13.4. The first kappa shape index (κ1) is 16.8. The normalized spacial score (nSPS) is 10.8. The molecule has 0 saturated heterocycles. The van der Waals surface area contributed by atoms with Crippen molar-refractivity contribution < 1.29 is 0 Å². The van der Waals surface area contributed by atoms with E-state index in [1.165, 1.54) is 11.1 Å². The summed E-state index contributed by atoms with van der Waals surface area (Å²) in [5.74, 6) is 1.67. The summed E-state index contributed by atoms with van der Waals surface area (Å²) < 4.78 is 2.07. The second-order valence-electron chi connectivity index (χ2n) is 5.43. The van der Waals surface area contributed by atoms with E-state index < -0.39 is 0 Å². The number of benzene rings is 2. The smallest absolute Gasteiger partial charge is 0.192 e. The van der Waals surface area contributed by atoms with E-state index in [0.717, 1.165) is 22.3 Å².